The van der Waals surface area contributed by atoms with Gasteiger partial charge in [0.05, 0.1) is 0 Å². The van der Waals surface area contributed by atoms with Crippen molar-refractivity contribution < 1.29 is 9.59 Å². The fourth-order valence-corrected chi connectivity index (χ4v) is 4.34. The number of carbonyl (C=O) groups is 2. The summed E-state index contributed by atoms with van der Waals surface area (Å²) < 4.78 is 0. The summed E-state index contributed by atoms with van der Waals surface area (Å²) in [5.41, 5.74) is 2.77. The van der Waals surface area contributed by atoms with E-state index < -0.39 is 0 Å². The van der Waals surface area contributed by atoms with E-state index in [-0.39, 0.29) is 23.0 Å². The average Bonchev–Trinajstić information content (AvgIpc) is 2.78. The van der Waals surface area contributed by atoms with Crippen LogP contribution in [0.5, 0.6) is 0 Å². The summed E-state index contributed by atoms with van der Waals surface area (Å²) in [6, 6.07) is 5.69. The van der Waals surface area contributed by atoms with Crippen LogP contribution in [0.3, 0.4) is 0 Å². The van der Waals surface area contributed by atoms with Gasteiger partial charge in [-0.25, -0.2) is 0 Å². The predicted octanol–water partition coefficient (Wildman–Crippen LogP) is 4.22. The number of fused-ring (bicyclic) bond motifs is 1. The first-order valence-corrected chi connectivity index (χ1v) is 8.35. The number of hydrogen-bond acceptors (Lipinski definition) is 2. The zero-order valence-electron chi connectivity index (χ0n) is 13.7. The second kappa shape index (κ2) is 5.53. The lowest BCUT2D eigenvalue weighted by molar-refractivity contribution is -0.127. The van der Waals surface area contributed by atoms with Crippen molar-refractivity contribution >= 4 is 17.4 Å². The second-order valence-electron chi connectivity index (χ2n) is 7.62. The van der Waals surface area contributed by atoms with Crippen molar-refractivity contribution in [3.05, 3.63) is 29.3 Å². The van der Waals surface area contributed by atoms with Gasteiger partial charge in [-0.3, -0.25) is 9.59 Å². The summed E-state index contributed by atoms with van der Waals surface area (Å²) in [5, 5.41) is 3.09. The molecule has 1 saturated carbocycles. The molecule has 3 heteroatoms. The average molecular weight is 299 g/mol. The van der Waals surface area contributed by atoms with Gasteiger partial charge in [-0.2, -0.15) is 0 Å². The maximum atomic E-state index is 12.8. The van der Waals surface area contributed by atoms with Gasteiger partial charge in [0, 0.05) is 23.6 Å². The number of carbonyl (C=O) groups excluding carboxylic acids is 2. The highest BCUT2D eigenvalue weighted by Gasteiger charge is 2.41. The molecule has 1 amide bonds. The van der Waals surface area contributed by atoms with Crippen LogP contribution in [-0.4, -0.2) is 11.7 Å². The quantitative estimate of drug-likeness (QED) is 0.889. The zero-order valence-corrected chi connectivity index (χ0v) is 13.7. The Morgan fingerprint density at radius 2 is 2.05 bits per heavy atom. The number of rotatable bonds is 2. The fourth-order valence-electron chi connectivity index (χ4n) is 4.34. The number of ketones is 1. The van der Waals surface area contributed by atoms with E-state index >= 15 is 0 Å². The summed E-state index contributed by atoms with van der Waals surface area (Å²) in [5.74, 6) is 0.812. The molecule has 1 N–H and O–H groups in total. The largest absolute Gasteiger partial charge is 0.326 e. The molecule has 2 aliphatic rings. The number of benzene rings is 1. The van der Waals surface area contributed by atoms with Gasteiger partial charge in [0.15, 0.2) is 5.78 Å². The minimum absolute atomic E-state index is 0.0500. The van der Waals surface area contributed by atoms with Crippen LogP contribution >= 0.6 is 0 Å². The predicted molar refractivity (Wildman–Crippen MR) is 88.0 cm³/mol. The summed E-state index contributed by atoms with van der Waals surface area (Å²) in [6.07, 6.45) is 4.83. The standard InChI is InChI=1S/C19H25NO2/c1-12-5-4-10-19(2,3)17(12)18(22)20-14-7-8-15-13(11-14)6-9-16(15)21/h7-8,11-12,17H,4-6,9-10H2,1-3H3,(H,20,22). The second-order valence-corrected chi connectivity index (χ2v) is 7.62. The Morgan fingerprint density at radius 3 is 2.77 bits per heavy atom. The van der Waals surface area contributed by atoms with Crippen LogP contribution in [0.25, 0.3) is 0 Å². The monoisotopic (exact) mass is 299 g/mol. The Labute approximate surface area is 132 Å². The first-order chi connectivity index (χ1) is 10.4. The van der Waals surface area contributed by atoms with Gasteiger partial charge in [0.25, 0.3) is 0 Å². The fraction of sp³-hybridized carbons (Fsp3) is 0.579. The molecule has 0 saturated heterocycles. The molecule has 0 spiro atoms. The number of hydrogen-bond donors (Lipinski definition) is 1. The molecule has 1 aromatic rings. The highest BCUT2D eigenvalue weighted by atomic mass is 16.2. The first kappa shape index (κ1) is 15.3. The topological polar surface area (TPSA) is 46.2 Å². The maximum absolute atomic E-state index is 12.8. The van der Waals surface area contributed by atoms with Crippen LogP contribution in [0.2, 0.25) is 0 Å². The molecule has 0 radical (unpaired) electrons. The lowest BCUT2D eigenvalue weighted by atomic mass is 9.64. The number of nitrogens with one attached hydrogen (secondary N) is 1. The summed E-state index contributed by atoms with van der Waals surface area (Å²) in [4.78, 5) is 24.5. The van der Waals surface area contributed by atoms with Crippen molar-refractivity contribution in [3.8, 4) is 0 Å². The maximum Gasteiger partial charge on any atom is 0.228 e. The number of amides is 1. The lowest BCUT2D eigenvalue weighted by Crippen LogP contribution is -2.42. The third-order valence-electron chi connectivity index (χ3n) is 5.47. The van der Waals surface area contributed by atoms with Crippen LogP contribution in [0.15, 0.2) is 18.2 Å². The molecule has 2 aliphatic carbocycles. The summed E-state index contributed by atoms with van der Waals surface area (Å²) >= 11 is 0. The van der Waals surface area contributed by atoms with E-state index in [2.05, 4.69) is 26.1 Å². The normalized spacial score (nSPS) is 26.6. The molecule has 0 bridgehead atoms. The van der Waals surface area contributed by atoms with Crippen LogP contribution < -0.4 is 5.32 Å². The lowest BCUT2D eigenvalue weighted by Gasteiger charge is -2.41. The van der Waals surface area contributed by atoms with Crippen molar-refractivity contribution in [2.75, 3.05) is 5.32 Å². The Balaban J connectivity index is 1.78. The van der Waals surface area contributed by atoms with Crippen LogP contribution in [0.1, 0.15) is 62.4 Å². The van der Waals surface area contributed by atoms with E-state index in [1.165, 1.54) is 6.42 Å². The number of anilines is 1. The molecular weight excluding hydrogens is 274 g/mol. The van der Waals surface area contributed by atoms with E-state index in [4.69, 9.17) is 0 Å². The van der Waals surface area contributed by atoms with Gasteiger partial charge < -0.3 is 5.32 Å². The molecule has 3 rings (SSSR count). The third kappa shape index (κ3) is 2.69. The minimum atomic E-state index is 0.0500. The number of Topliss-reactive ketones (excluding diaryl/α,β-unsaturated/α-hetero) is 1. The van der Waals surface area contributed by atoms with Crippen molar-refractivity contribution in [1.29, 1.82) is 0 Å². The molecular formula is C19H25NO2. The Kier molecular flexibility index (Phi) is 3.84. The van der Waals surface area contributed by atoms with Crippen molar-refractivity contribution in [1.82, 2.24) is 0 Å². The van der Waals surface area contributed by atoms with Crippen molar-refractivity contribution in [2.45, 2.75) is 52.9 Å². The minimum Gasteiger partial charge on any atom is -0.326 e. The Bertz CT molecular complexity index is 618. The molecule has 0 aromatic heterocycles. The zero-order chi connectivity index (χ0) is 15.9. The van der Waals surface area contributed by atoms with Crippen molar-refractivity contribution in [3.63, 3.8) is 0 Å². The van der Waals surface area contributed by atoms with Gasteiger partial charge in [0.2, 0.25) is 5.91 Å². The van der Waals surface area contributed by atoms with E-state index in [0.29, 0.717) is 12.3 Å². The molecule has 3 nitrogen and oxygen atoms in total. The molecule has 1 fully saturated rings. The van der Waals surface area contributed by atoms with E-state index in [1.54, 1.807) is 0 Å². The van der Waals surface area contributed by atoms with Crippen molar-refractivity contribution in [2.24, 2.45) is 17.3 Å². The molecule has 1 aromatic carbocycles. The molecule has 0 heterocycles. The van der Waals surface area contributed by atoms with Crippen LogP contribution in [0.4, 0.5) is 5.69 Å². The van der Waals surface area contributed by atoms with Gasteiger partial charge in [-0.05, 0) is 54.4 Å². The van der Waals surface area contributed by atoms with Crippen LogP contribution in [0, 0.1) is 17.3 Å². The van der Waals surface area contributed by atoms with E-state index in [0.717, 1.165) is 36.1 Å². The summed E-state index contributed by atoms with van der Waals surface area (Å²) in [6.45, 7) is 6.59. The Morgan fingerprint density at radius 1 is 1.27 bits per heavy atom. The van der Waals surface area contributed by atoms with Gasteiger partial charge in [-0.1, -0.05) is 27.2 Å². The molecule has 0 aliphatic heterocycles. The van der Waals surface area contributed by atoms with Crippen LogP contribution in [-0.2, 0) is 11.2 Å². The highest BCUT2D eigenvalue weighted by molar-refractivity contribution is 6.01. The molecule has 118 valence electrons. The SMILES string of the molecule is CC1CCCC(C)(C)C1C(=O)Nc1ccc2c(c1)CCC2=O. The van der Waals surface area contributed by atoms with E-state index in [1.807, 2.05) is 18.2 Å². The molecule has 2 unspecified atom stereocenters. The Hall–Kier alpha value is -1.64. The summed E-state index contributed by atoms with van der Waals surface area (Å²) in [7, 11) is 0. The van der Waals surface area contributed by atoms with Gasteiger partial charge in [0.1, 0.15) is 0 Å². The van der Waals surface area contributed by atoms with Gasteiger partial charge >= 0.3 is 0 Å². The first-order valence-electron chi connectivity index (χ1n) is 8.35. The smallest absolute Gasteiger partial charge is 0.228 e. The molecule has 22 heavy (non-hydrogen) atoms. The molecule has 2 atom stereocenters. The number of aryl methyl sites for hydroxylation is 1. The van der Waals surface area contributed by atoms with Gasteiger partial charge in [-0.15, -0.1) is 0 Å². The third-order valence-corrected chi connectivity index (χ3v) is 5.47. The highest BCUT2D eigenvalue weighted by Crippen LogP contribution is 2.44. The van der Waals surface area contributed by atoms with E-state index in [9.17, 15) is 9.59 Å².